The molecule has 0 radical (unpaired) electrons. The molecule has 1 aromatic carbocycles. The summed E-state index contributed by atoms with van der Waals surface area (Å²) in [7, 11) is 0. The predicted molar refractivity (Wildman–Crippen MR) is 83.5 cm³/mol. The van der Waals surface area contributed by atoms with Gasteiger partial charge in [-0.25, -0.2) is 4.79 Å². The van der Waals surface area contributed by atoms with E-state index in [4.69, 9.17) is 9.47 Å². The Labute approximate surface area is 133 Å². The maximum atomic E-state index is 11.7. The normalized spacial score (nSPS) is 14.0. The van der Waals surface area contributed by atoms with Crippen molar-refractivity contribution in [3.05, 3.63) is 28.7 Å². The van der Waals surface area contributed by atoms with Gasteiger partial charge in [0.2, 0.25) is 0 Å². The third-order valence-electron chi connectivity index (χ3n) is 2.45. The van der Waals surface area contributed by atoms with Crippen molar-refractivity contribution >= 4 is 28.3 Å². The Morgan fingerprint density at radius 2 is 2.05 bits per heavy atom. The second-order valence-corrected chi connectivity index (χ2v) is 6.50. The molecule has 0 unspecified atom stereocenters. The van der Waals surface area contributed by atoms with E-state index in [2.05, 4.69) is 21.2 Å². The van der Waals surface area contributed by atoms with E-state index < -0.39 is 23.8 Å². The van der Waals surface area contributed by atoms with Crippen LogP contribution in [-0.2, 0) is 9.53 Å². The highest BCUT2D eigenvalue weighted by molar-refractivity contribution is 9.10. The Bertz CT molecular complexity index is 499. The van der Waals surface area contributed by atoms with Crippen LogP contribution in [0, 0.1) is 0 Å². The molecule has 116 valence electrons. The van der Waals surface area contributed by atoms with Gasteiger partial charge in [-0.3, -0.25) is 0 Å². The minimum atomic E-state index is -0.793. The Balaban J connectivity index is 2.63. The topological polar surface area (TPSA) is 64.6 Å². The highest BCUT2D eigenvalue weighted by Gasteiger charge is 2.24. The monoisotopic (exact) mass is 357 g/mol. The van der Waals surface area contributed by atoms with E-state index in [0.29, 0.717) is 12.0 Å². The maximum Gasteiger partial charge on any atom is 0.408 e. The lowest BCUT2D eigenvalue weighted by molar-refractivity contribution is -0.111. The van der Waals surface area contributed by atoms with Crippen molar-refractivity contribution in [1.82, 2.24) is 5.32 Å². The van der Waals surface area contributed by atoms with Crippen LogP contribution in [0.25, 0.3) is 0 Å². The van der Waals surface area contributed by atoms with E-state index >= 15 is 0 Å². The second-order valence-electron chi connectivity index (χ2n) is 5.59. The van der Waals surface area contributed by atoms with Gasteiger partial charge in [0.25, 0.3) is 0 Å². The van der Waals surface area contributed by atoms with Gasteiger partial charge in [0.05, 0.1) is 0 Å². The van der Waals surface area contributed by atoms with Gasteiger partial charge >= 0.3 is 6.09 Å². The molecular formula is C15H20BrNO4. The number of carbonyl (C=O) groups excluding carboxylic acids is 2. The van der Waals surface area contributed by atoms with Crippen molar-refractivity contribution in [2.75, 3.05) is 0 Å². The summed E-state index contributed by atoms with van der Waals surface area (Å²) in [4.78, 5) is 22.8. The van der Waals surface area contributed by atoms with Crippen molar-refractivity contribution in [2.24, 2.45) is 0 Å². The molecule has 21 heavy (non-hydrogen) atoms. The van der Waals surface area contributed by atoms with Crippen molar-refractivity contribution in [3.8, 4) is 5.75 Å². The fourth-order valence-corrected chi connectivity index (χ4v) is 1.91. The minimum Gasteiger partial charge on any atom is -0.488 e. The number of benzene rings is 1. The zero-order chi connectivity index (χ0) is 16.0. The maximum absolute atomic E-state index is 11.7. The van der Waals surface area contributed by atoms with Crippen LogP contribution in [0.5, 0.6) is 5.75 Å². The van der Waals surface area contributed by atoms with E-state index in [9.17, 15) is 9.59 Å². The largest absolute Gasteiger partial charge is 0.488 e. The van der Waals surface area contributed by atoms with Crippen LogP contribution < -0.4 is 10.1 Å². The lowest BCUT2D eigenvalue weighted by Crippen LogP contribution is -2.47. The van der Waals surface area contributed by atoms with Gasteiger partial charge in [0, 0.05) is 4.47 Å². The zero-order valence-corrected chi connectivity index (χ0v) is 14.1. The molecule has 0 heterocycles. The number of ether oxygens (including phenoxy) is 2. The number of alkyl carbamates (subject to hydrolysis) is 1. The van der Waals surface area contributed by atoms with Crippen LogP contribution in [0.1, 0.15) is 27.7 Å². The van der Waals surface area contributed by atoms with Crippen molar-refractivity contribution in [1.29, 1.82) is 0 Å². The number of halogens is 1. The van der Waals surface area contributed by atoms with Crippen LogP contribution in [0.15, 0.2) is 28.7 Å². The molecule has 1 amide bonds. The van der Waals surface area contributed by atoms with Crippen LogP contribution >= 0.6 is 15.9 Å². The smallest absolute Gasteiger partial charge is 0.408 e. The number of amides is 1. The molecule has 0 spiro atoms. The van der Waals surface area contributed by atoms with E-state index in [1.54, 1.807) is 39.8 Å². The first-order chi connectivity index (χ1) is 9.71. The Morgan fingerprint density at radius 1 is 1.38 bits per heavy atom. The zero-order valence-electron chi connectivity index (χ0n) is 12.6. The first kappa shape index (κ1) is 17.5. The van der Waals surface area contributed by atoms with E-state index in [1.165, 1.54) is 0 Å². The van der Waals surface area contributed by atoms with Gasteiger partial charge in [-0.1, -0.05) is 22.0 Å². The first-order valence-electron chi connectivity index (χ1n) is 6.58. The Hall–Kier alpha value is -1.56. The minimum absolute atomic E-state index is 0.524. The summed E-state index contributed by atoms with van der Waals surface area (Å²) in [5.41, 5.74) is -0.619. The van der Waals surface area contributed by atoms with E-state index in [1.807, 2.05) is 12.1 Å². The highest BCUT2D eigenvalue weighted by Crippen LogP contribution is 2.19. The number of nitrogens with one attached hydrogen (secondary N) is 1. The molecule has 1 aromatic rings. The third-order valence-corrected chi connectivity index (χ3v) is 2.95. The van der Waals surface area contributed by atoms with Gasteiger partial charge in [0.1, 0.15) is 29.8 Å². The van der Waals surface area contributed by atoms with Crippen LogP contribution in [-0.4, -0.2) is 30.1 Å². The van der Waals surface area contributed by atoms with Crippen molar-refractivity contribution in [2.45, 2.75) is 45.4 Å². The number of rotatable bonds is 5. The van der Waals surface area contributed by atoms with Crippen molar-refractivity contribution < 1.29 is 19.1 Å². The van der Waals surface area contributed by atoms with Gasteiger partial charge in [-0.2, -0.15) is 0 Å². The molecule has 0 saturated carbocycles. The lowest BCUT2D eigenvalue weighted by Gasteiger charge is -2.24. The van der Waals surface area contributed by atoms with E-state index in [-0.39, 0.29) is 0 Å². The average molecular weight is 358 g/mol. The molecular weight excluding hydrogens is 338 g/mol. The first-order valence-corrected chi connectivity index (χ1v) is 7.37. The summed E-state index contributed by atoms with van der Waals surface area (Å²) < 4.78 is 11.6. The molecule has 1 N–H and O–H groups in total. The summed E-state index contributed by atoms with van der Waals surface area (Å²) in [6, 6.07) is 6.46. The Morgan fingerprint density at radius 3 is 2.57 bits per heavy atom. The molecule has 1 rings (SSSR count). The number of aldehydes is 1. The summed E-state index contributed by atoms with van der Waals surface area (Å²) in [6.07, 6.45) is -0.541. The highest BCUT2D eigenvalue weighted by atomic mass is 79.9. The fraction of sp³-hybridized carbons (Fsp3) is 0.467. The predicted octanol–water partition coefficient (Wildman–Crippen LogP) is 3.31. The molecule has 0 aromatic heterocycles. The van der Waals surface area contributed by atoms with Crippen LogP contribution in [0.4, 0.5) is 4.79 Å². The summed E-state index contributed by atoms with van der Waals surface area (Å²) >= 11 is 3.34. The average Bonchev–Trinajstić information content (AvgIpc) is 2.33. The third kappa shape index (κ3) is 6.62. The molecule has 5 nitrogen and oxygen atoms in total. The summed E-state index contributed by atoms with van der Waals surface area (Å²) in [6.45, 7) is 6.97. The quantitative estimate of drug-likeness (QED) is 0.821. The summed E-state index contributed by atoms with van der Waals surface area (Å²) in [5.74, 6) is 0.606. The van der Waals surface area contributed by atoms with Gasteiger partial charge in [0.15, 0.2) is 0 Å². The fourth-order valence-electron chi connectivity index (χ4n) is 1.53. The molecule has 2 atom stereocenters. The molecule has 6 heteroatoms. The summed E-state index contributed by atoms with van der Waals surface area (Å²) in [5, 5.41) is 2.49. The SMILES string of the molecule is C[C@@H](Oc1cccc(Br)c1)[C@H](C=O)NC(=O)OC(C)(C)C. The van der Waals surface area contributed by atoms with Crippen LogP contribution in [0.2, 0.25) is 0 Å². The van der Waals surface area contributed by atoms with Crippen LogP contribution in [0.3, 0.4) is 0 Å². The lowest BCUT2D eigenvalue weighted by atomic mass is 10.2. The standard InChI is InChI=1S/C15H20BrNO4/c1-10(20-12-7-5-6-11(16)8-12)13(9-18)17-14(19)21-15(2,3)4/h5-10,13H,1-4H3,(H,17,19)/t10-,13+/m1/s1. The molecule has 0 aliphatic carbocycles. The molecule has 0 aliphatic rings. The molecule has 0 saturated heterocycles. The van der Waals surface area contributed by atoms with E-state index in [0.717, 1.165) is 4.47 Å². The van der Waals surface area contributed by atoms with Crippen molar-refractivity contribution in [3.63, 3.8) is 0 Å². The van der Waals surface area contributed by atoms with Gasteiger partial charge < -0.3 is 19.6 Å². The number of hydrogen-bond acceptors (Lipinski definition) is 4. The molecule has 0 fully saturated rings. The van der Waals surface area contributed by atoms with Gasteiger partial charge in [-0.15, -0.1) is 0 Å². The Kier molecular flexibility index (Phi) is 6.20. The molecule has 0 aliphatic heterocycles. The molecule has 0 bridgehead atoms. The second kappa shape index (κ2) is 7.45. The number of hydrogen-bond donors (Lipinski definition) is 1. The number of carbonyl (C=O) groups is 2. The van der Waals surface area contributed by atoms with Gasteiger partial charge in [-0.05, 0) is 45.9 Å².